The van der Waals surface area contributed by atoms with Gasteiger partial charge in [0.15, 0.2) is 0 Å². The summed E-state index contributed by atoms with van der Waals surface area (Å²) in [6, 6.07) is 17.3. The Balaban J connectivity index is 2.53. The molecule has 0 N–H and O–H groups in total. The van der Waals surface area contributed by atoms with Gasteiger partial charge < -0.3 is 0 Å². The van der Waals surface area contributed by atoms with Gasteiger partial charge in [0.2, 0.25) is 10.0 Å². The topological polar surface area (TPSA) is 39.1 Å². The van der Waals surface area contributed by atoms with E-state index in [4.69, 9.17) is 0 Å². The summed E-state index contributed by atoms with van der Waals surface area (Å²) in [6.45, 7) is 0. The normalized spacial score (nSPS) is 11.9. The summed E-state index contributed by atoms with van der Waals surface area (Å²) in [5.41, 5.74) is 2.37. The molecule has 0 fully saturated rings. The number of nitrogens with zero attached hydrogens (tertiary/aromatic N) is 1. The Morgan fingerprint density at radius 3 is 2.19 bits per heavy atom. The van der Waals surface area contributed by atoms with Crippen LogP contribution in [0, 0.1) is 0 Å². The summed E-state index contributed by atoms with van der Waals surface area (Å²) >= 11 is 1.57. The number of rotatable bonds is 3. The van der Waals surface area contributed by atoms with Gasteiger partial charge in [-0.05, 0) is 12.3 Å². The van der Waals surface area contributed by atoms with Crippen molar-refractivity contribution in [3.05, 3.63) is 54.6 Å². The number of hydrogen-bond acceptors (Lipinski definition) is 3. The summed E-state index contributed by atoms with van der Waals surface area (Å²) in [5, 5.41) is 0.967. The third-order valence-corrected chi connectivity index (χ3v) is 5.23. The van der Waals surface area contributed by atoms with E-state index in [1.54, 1.807) is 11.8 Å². The quantitative estimate of drug-likeness (QED) is 0.689. The Kier molecular flexibility index (Phi) is 3.55. The van der Waals surface area contributed by atoms with E-state index in [-0.39, 0.29) is 0 Å². The molecule has 2 aromatic carbocycles. The van der Waals surface area contributed by atoms with Crippen LogP contribution >= 0.6 is 11.8 Å². The van der Waals surface area contributed by atoms with Gasteiger partial charge in [0, 0.05) is 15.8 Å². The van der Waals surface area contributed by atoms with E-state index in [0.29, 0.717) is 0 Å². The third-order valence-electron chi connectivity index (χ3n) is 3.37. The molecule has 0 bridgehead atoms. The molecule has 3 rings (SSSR count). The molecule has 0 radical (unpaired) electrons. The molecule has 0 aliphatic rings. The molecule has 0 unspecified atom stereocenters. The van der Waals surface area contributed by atoms with Gasteiger partial charge in [0.25, 0.3) is 0 Å². The minimum absolute atomic E-state index is 0.725. The maximum absolute atomic E-state index is 12.3. The fourth-order valence-corrected chi connectivity index (χ4v) is 4.48. The van der Waals surface area contributed by atoms with Crippen LogP contribution in [-0.4, -0.2) is 24.9 Å². The van der Waals surface area contributed by atoms with Gasteiger partial charge in [-0.2, -0.15) is 0 Å². The Bertz CT molecular complexity index is 897. The highest BCUT2D eigenvalue weighted by atomic mass is 32.2. The maximum atomic E-state index is 12.3. The Morgan fingerprint density at radius 1 is 0.952 bits per heavy atom. The van der Waals surface area contributed by atoms with Crippen molar-refractivity contribution in [2.24, 2.45) is 0 Å². The first kappa shape index (κ1) is 14.2. The number of aromatic nitrogens is 1. The van der Waals surface area contributed by atoms with E-state index in [9.17, 15) is 8.42 Å². The van der Waals surface area contributed by atoms with Crippen LogP contribution in [0.1, 0.15) is 0 Å². The van der Waals surface area contributed by atoms with E-state index in [0.717, 1.165) is 27.1 Å². The molecule has 0 spiro atoms. The van der Waals surface area contributed by atoms with Crippen LogP contribution in [0.25, 0.3) is 22.2 Å². The molecular formula is C16H15NO2S2. The fourth-order valence-electron chi connectivity index (χ4n) is 2.58. The SMILES string of the molecule is CSc1c(-c2ccccc2)n(S(C)(=O)=O)c2ccccc12. The average molecular weight is 317 g/mol. The lowest BCUT2D eigenvalue weighted by atomic mass is 10.1. The minimum Gasteiger partial charge on any atom is -0.236 e. The van der Waals surface area contributed by atoms with Crippen molar-refractivity contribution in [2.75, 3.05) is 12.5 Å². The van der Waals surface area contributed by atoms with E-state index < -0.39 is 10.0 Å². The highest BCUT2D eigenvalue weighted by molar-refractivity contribution is 7.99. The summed E-state index contributed by atoms with van der Waals surface area (Å²) in [5.74, 6) is 0. The van der Waals surface area contributed by atoms with Crippen molar-refractivity contribution < 1.29 is 8.42 Å². The summed E-state index contributed by atoms with van der Waals surface area (Å²) in [7, 11) is -3.39. The Labute approximate surface area is 128 Å². The molecule has 0 amide bonds. The highest BCUT2D eigenvalue weighted by Crippen LogP contribution is 2.40. The zero-order valence-electron chi connectivity index (χ0n) is 11.8. The van der Waals surface area contributed by atoms with Crippen molar-refractivity contribution >= 4 is 32.7 Å². The smallest absolute Gasteiger partial charge is 0.236 e. The van der Waals surface area contributed by atoms with Crippen LogP contribution in [0.2, 0.25) is 0 Å². The van der Waals surface area contributed by atoms with Crippen molar-refractivity contribution in [1.82, 2.24) is 3.97 Å². The van der Waals surface area contributed by atoms with Gasteiger partial charge >= 0.3 is 0 Å². The Morgan fingerprint density at radius 2 is 1.57 bits per heavy atom. The number of benzene rings is 2. The van der Waals surface area contributed by atoms with Crippen LogP contribution in [0.4, 0.5) is 0 Å². The number of para-hydroxylation sites is 1. The molecule has 3 nitrogen and oxygen atoms in total. The molecule has 0 aliphatic heterocycles. The summed E-state index contributed by atoms with van der Waals surface area (Å²) in [4.78, 5) is 0.988. The second kappa shape index (κ2) is 5.24. The first-order chi connectivity index (χ1) is 10.0. The van der Waals surface area contributed by atoms with Crippen LogP contribution in [0.5, 0.6) is 0 Å². The molecule has 0 aliphatic carbocycles. The van der Waals surface area contributed by atoms with Crippen LogP contribution < -0.4 is 0 Å². The van der Waals surface area contributed by atoms with Crippen molar-refractivity contribution in [1.29, 1.82) is 0 Å². The van der Waals surface area contributed by atoms with Crippen molar-refractivity contribution in [3.8, 4) is 11.3 Å². The van der Waals surface area contributed by atoms with Gasteiger partial charge in [-0.25, -0.2) is 12.4 Å². The third kappa shape index (κ3) is 2.36. The van der Waals surface area contributed by atoms with Gasteiger partial charge in [-0.1, -0.05) is 48.5 Å². The standard InChI is InChI=1S/C16H15NO2S2/c1-20-16-13-10-6-7-11-14(13)17(21(2,18)19)15(16)12-8-4-3-5-9-12/h3-11H,1-2H3. The largest absolute Gasteiger partial charge is 0.236 e. The lowest BCUT2D eigenvalue weighted by Crippen LogP contribution is -2.11. The predicted octanol–water partition coefficient (Wildman–Crippen LogP) is 3.84. The second-order valence-corrected chi connectivity index (χ2v) is 7.44. The van der Waals surface area contributed by atoms with E-state index in [1.807, 2.05) is 60.9 Å². The van der Waals surface area contributed by atoms with Gasteiger partial charge in [0.05, 0.1) is 17.5 Å². The lowest BCUT2D eigenvalue weighted by molar-refractivity contribution is 0.595. The number of thioether (sulfide) groups is 1. The maximum Gasteiger partial charge on any atom is 0.236 e. The lowest BCUT2D eigenvalue weighted by Gasteiger charge is -2.09. The Hall–Kier alpha value is -1.72. The molecule has 1 aromatic heterocycles. The first-order valence-electron chi connectivity index (χ1n) is 6.47. The van der Waals surface area contributed by atoms with Crippen LogP contribution in [0.3, 0.4) is 0 Å². The van der Waals surface area contributed by atoms with Gasteiger partial charge in [-0.3, -0.25) is 0 Å². The van der Waals surface area contributed by atoms with Gasteiger partial charge in [0.1, 0.15) is 0 Å². The molecule has 0 saturated carbocycles. The molecule has 108 valence electrons. The molecule has 21 heavy (non-hydrogen) atoms. The molecule has 3 aromatic rings. The first-order valence-corrected chi connectivity index (χ1v) is 9.54. The van der Waals surface area contributed by atoms with Crippen LogP contribution in [0.15, 0.2) is 59.5 Å². The van der Waals surface area contributed by atoms with Crippen molar-refractivity contribution in [2.45, 2.75) is 4.90 Å². The minimum atomic E-state index is -3.39. The van der Waals surface area contributed by atoms with E-state index in [2.05, 4.69) is 0 Å². The molecule has 1 heterocycles. The van der Waals surface area contributed by atoms with E-state index >= 15 is 0 Å². The zero-order valence-corrected chi connectivity index (χ0v) is 13.4. The number of hydrogen-bond donors (Lipinski definition) is 0. The van der Waals surface area contributed by atoms with Gasteiger partial charge in [-0.15, -0.1) is 11.8 Å². The second-order valence-electron chi connectivity index (χ2n) is 4.79. The number of fused-ring (bicyclic) bond motifs is 1. The molecule has 0 atom stereocenters. The molecule has 5 heteroatoms. The van der Waals surface area contributed by atoms with E-state index in [1.165, 1.54) is 10.2 Å². The zero-order chi connectivity index (χ0) is 15.0. The molecule has 0 saturated heterocycles. The molecular weight excluding hydrogens is 302 g/mol. The highest BCUT2D eigenvalue weighted by Gasteiger charge is 2.22. The predicted molar refractivity (Wildman–Crippen MR) is 89.4 cm³/mol. The monoisotopic (exact) mass is 317 g/mol. The van der Waals surface area contributed by atoms with Crippen LogP contribution in [-0.2, 0) is 10.0 Å². The fraction of sp³-hybridized carbons (Fsp3) is 0.125. The summed E-state index contributed by atoms with van der Waals surface area (Å²) in [6.07, 6.45) is 3.22. The summed E-state index contributed by atoms with van der Waals surface area (Å²) < 4.78 is 26.1. The average Bonchev–Trinajstić information content (AvgIpc) is 2.82. The van der Waals surface area contributed by atoms with Crippen molar-refractivity contribution in [3.63, 3.8) is 0 Å².